The molecule has 17 nitrogen and oxygen atoms in total. The van der Waals surface area contributed by atoms with Gasteiger partial charge in [-0.2, -0.15) is 0 Å². The van der Waals surface area contributed by atoms with Gasteiger partial charge in [-0.25, -0.2) is 9.13 Å². The van der Waals surface area contributed by atoms with Gasteiger partial charge in [-0.1, -0.05) is 272 Å². The number of aliphatic hydroxyl groups excluding tert-OH is 1. The summed E-state index contributed by atoms with van der Waals surface area (Å²) in [7, 11) is -9.91. The number of phosphoric ester groups is 2. The van der Waals surface area contributed by atoms with Gasteiger partial charge in [0.25, 0.3) is 0 Å². The Hall–Kier alpha value is -2.46. The zero-order chi connectivity index (χ0) is 65.9. The quantitative estimate of drug-likeness (QED) is 0.0169. The molecule has 0 aromatic heterocycles. The first-order valence-electron chi connectivity index (χ1n) is 35.7. The van der Waals surface area contributed by atoms with E-state index in [2.05, 4.69) is 72.8 Å². The van der Waals surface area contributed by atoms with Crippen LogP contribution in [-0.2, 0) is 65.4 Å². The van der Waals surface area contributed by atoms with E-state index in [4.69, 9.17) is 37.0 Å². The Bertz CT molecular complexity index is 1840. The number of allylic oxidation sites excluding steroid dienone is 4. The third-order valence-corrected chi connectivity index (χ3v) is 17.8. The molecule has 0 aromatic rings. The van der Waals surface area contributed by atoms with Crippen LogP contribution in [0.25, 0.3) is 0 Å². The lowest BCUT2D eigenvalue weighted by molar-refractivity contribution is -0.161. The highest BCUT2D eigenvalue weighted by atomic mass is 31.2. The smallest absolute Gasteiger partial charge is 0.462 e. The van der Waals surface area contributed by atoms with Crippen molar-refractivity contribution in [3.05, 3.63) is 24.3 Å². The fourth-order valence-corrected chi connectivity index (χ4v) is 11.5. The first-order valence-corrected chi connectivity index (χ1v) is 38.7. The van der Waals surface area contributed by atoms with Gasteiger partial charge in [0, 0.05) is 25.7 Å². The minimum absolute atomic E-state index is 0.0836. The molecule has 0 rings (SSSR count). The average Bonchev–Trinajstić information content (AvgIpc) is 3.67. The summed E-state index contributed by atoms with van der Waals surface area (Å²) in [6, 6.07) is 0. The van der Waals surface area contributed by atoms with Crippen LogP contribution in [0.2, 0.25) is 0 Å². The van der Waals surface area contributed by atoms with Gasteiger partial charge in [-0.05, 0) is 69.1 Å². The maximum Gasteiger partial charge on any atom is 0.472 e. The van der Waals surface area contributed by atoms with Crippen molar-refractivity contribution in [3.63, 3.8) is 0 Å². The molecule has 0 fully saturated rings. The van der Waals surface area contributed by atoms with Crippen molar-refractivity contribution < 1.29 is 80.2 Å². The van der Waals surface area contributed by atoms with Gasteiger partial charge < -0.3 is 33.8 Å². The first-order chi connectivity index (χ1) is 42.8. The highest BCUT2D eigenvalue weighted by Crippen LogP contribution is 2.45. The average molecular weight is 1310 g/mol. The molecule has 0 saturated heterocycles. The molecular weight excluding hydrogens is 1170 g/mol. The fraction of sp³-hybridized carbons (Fsp3) is 0.886. The van der Waals surface area contributed by atoms with Crippen molar-refractivity contribution in [2.75, 3.05) is 39.6 Å². The number of aliphatic hydroxyl groups is 1. The highest BCUT2D eigenvalue weighted by molar-refractivity contribution is 7.47. The molecule has 0 saturated carbocycles. The Labute approximate surface area is 542 Å². The molecule has 89 heavy (non-hydrogen) atoms. The molecule has 0 bridgehead atoms. The zero-order valence-electron chi connectivity index (χ0n) is 57.4. The molecule has 0 amide bonds. The number of rotatable bonds is 66. The molecule has 0 aliphatic rings. The molecule has 0 aliphatic heterocycles. The van der Waals surface area contributed by atoms with Crippen LogP contribution in [-0.4, -0.2) is 96.7 Å². The van der Waals surface area contributed by atoms with Gasteiger partial charge in [0.2, 0.25) is 0 Å². The SMILES string of the molecule is CCCCCC/C=C\C=C/CCCCCCCC(=O)O[C@H](COC(=O)CCCCCCCCCC(C)C)COP(=O)(O)OCC(O)COP(=O)(O)OC[C@@H](COC(=O)CCCCCCCCCCCCCC(C)C)OC(=O)CCCCCCCCC(C)CC. The van der Waals surface area contributed by atoms with E-state index in [1.54, 1.807) is 0 Å². The predicted octanol–water partition coefficient (Wildman–Crippen LogP) is 19.4. The van der Waals surface area contributed by atoms with Crippen LogP contribution in [0.15, 0.2) is 24.3 Å². The van der Waals surface area contributed by atoms with Gasteiger partial charge in [0.05, 0.1) is 26.4 Å². The lowest BCUT2D eigenvalue weighted by Gasteiger charge is -2.21. The van der Waals surface area contributed by atoms with Gasteiger partial charge in [-0.3, -0.25) is 37.3 Å². The summed E-state index contributed by atoms with van der Waals surface area (Å²) >= 11 is 0. The van der Waals surface area contributed by atoms with Crippen LogP contribution in [0.1, 0.15) is 325 Å². The zero-order valence-corrected chi connectivity index (χ0v) is 59.2. The number of unbranched alkanes of at least 4 members (excludes halogenated alkanes) is 30. The van der Waals surface area contributed by atoms with Crippen molar-refractivity contribution in [1.29, 1.82) is 0 Å². The summed E-state index contributed by atoms with van der Waals surface area (Å²) in [5.41, 5.74) is 0. The van der Waals surface area contributed by atoms with Gasteiger partial charge in [-0.15, -0.1) is 0 Å². The molecule has 6 atom stereocenters. The summed E-state index contributed by atoms with van der Waals surface area (Å²) in [4.78, 5) is 72.5. The monoisotopic (exact) mass is 1310 g/mol. The molecule has 0 aromatic carbocycles. The Morgan fingerprint density at radius 3 is 1.00 bits per heavy atom. The number of esters is 4. The van der Waals surface area contributed by atoms with Crippen LogP contribution in [0.5, 0.6) is 0 Å². The van der Waals surface area contributed by atoms with Gasteiger partial charge in [0.15, 0.2) is 12.2 Å². The van der Waals surface area contributed by atoms with E-state index in [0.717, 1.165) is 121 Å². The number of carbonyl (C=O) groups excluding carboxylic acids is 4. The summed E-state index contributed by atoms with van der Waals surface area (Å²) < 4.78 is 68.2. The van der Waals surface area contributed by atoms with Gasteiger partial charge >= 0.3 is 39.5 Å². The van der Waals surface area contributed by atoms with Crippen molar-refractivity contribution in [2.45, 2.75) is 343 Å². The van der Waals surface area contributed by atoms with Crippen molar-refractivity contribution in [1.82, 2.24) is 0 Å². The molecule has 0 radical (unpaired) electrons. The maximum absolute atomic E-state index is 13.0. The summed E-state index contributed by atoms with van der Waals surface area (Å²) in [6.07, 6.45) is 46.8. The van der Waals surface area contributed by atoms with Crippen LogP contribution in [0, 0.1) is 17.8 Å². The van der Waals surface area contributed by atoms with Crippen LogP contribution in [0.4, 0.5) is 0 Å². The lowest BCUT2D eigenvalue weighted by Crippen LogP contribution is -2.30. The number of hydrogen-bond donors (Lipinski definition) is 3. The molecule has 19 heteroatoms. The molecule has 524 valence electrons. The Morgan fingerprint density at radius 1 is 0.371 bits per heavy atom. The standard InChI is InChI=1S/C70H132O17P2/c1-8-10-11-12-13-14-15-16-17-18-21-25-30-39-46-53-69(74)86-65(57-81-68(73)52-45-38-31-26-28-35-42-49-62(5)6)59-84-88(76,77)82-55-64(71)56-83-89(78,79)85-60-66(87-70(75)54-47-40-33-32-36-43-50-63(7)9-2)58-80-67(72)51-44-37-29-24-22-19-20-23-27-34-41-48-61(3)4/h14-17,61-66,71H,8-13,18-60H2,1-7H3,(H,76,77)(H,78,79)/b15-14-,17-16-/t63?,64?,65-,66-/m1/s1. The second-order valence-corrected chi connectivity index (χ2v) is 28.7. The number of phosphoric acid groups is 2. The lowest BCUT2D eigenvalue weighted by atomic mass is 10.00. The van der Waals surface area contributed by atoms with E-state index < -0.39 is 97.5 Å². The second-order valence-electron chi connectivity index (χ2n) is 25.8. The summed E-state index contributed by atoms with van der Waals surface area (Å²) in [5, 5.41) is 10.6. The summed E-state index contributed by atoms with van der Waals surface area (Å²) in [5.74, 6) is 0.0287. The topological polar surface area (TPSA) is 237 Å². The molecular formula is C70H132O17P2. The number of ether oxygens (including phenoxy) is 4. The van der Waals surface area contributed by atoms with E-state index in [-0.39, 0.29) is 25.7 Å². The van der Waals surface area contributed by atoms with E-state index in [1.807, 2.05) is 0 Å². The predicted molar refractivity (Wildman–Crippen MR) is 358 cm³/mol. The van der Waals surface area contributed by atoms with E-state index in [1.165, 1.54) is 116 Å². The molecule has 3 N–H and O–H groups in total. The normalized spacial score (nSPS) is 14.7. The van der Waals surface area contributed by atoms with E-state index in [0.29, 0.717) is 31.6 Å². The molecule has 0 heterocycles. The maximum atomic E-state index is 13.0. The Kier molecular flexibility index (Phi) is 58.8. The second kappa shape index (κ2) is 60.5. The van der Waals surface area contributed by atoms with Crippen molar-refractivity contribution in [2.24, 2.45) is 17.8 Å². The highest BCUT2D eigenvalue weighted by Gasteiger charge is 2.30. The van der Waals surface area contributed by atoms with Crippen molar-refractivity contribution >= 4 is 39.5 Å². The first kappa shape index (κ1) is 86.5. The number of carbonyl (C=O) groups is 4. The third kappa shape index (κ3) is 62.7. The van der Waals surface area contributed by atoms with E-state index in [9.17, 15) is 43.2 Å². The van der Waals surface area contributed by atoms with Gasteiger partial charge in [0.1, 0.15) is 19.3 Å². The number of hydrogen-bond acceptors (Lipinski definition) is 15. The molecule has 4 unspecified atom stereocenters. The largest absolute Gasteiger partial charge is 0.472 e. The molecule has 0 spiro atoms. The minimum atomic E-state index is -4.96. The minimum Gasteiger partial charge on any atom is -0.462 e. The summed E-state index contributed by atoms with van der Waals surface area (Å²) in [6.45, 7) is 11.7. The van der Waals surface area contributed by atoms with Crippen LogP contribution in [0.3, 0.4) is 0 Å². The van der Waals surface area contributed by atoms with E-state index >= 15 is 0 Å². The Morgan fingerprint density at radius 2 is 0.663 bits per heavy atom. The van der Waals surface area contributed by atoms with Crippen LogP contribution < -0.4 is 0 Å². The van der Waals surface area contributed by atoms with Crippen LogP contribution >= 0.6 is 15.6 Å². The van der Waals surface area contributed by atoms with Crippen molar-refractivity contribution in [3.8, 4) is 0 Å². The fourth-order valence-electron chi connectivity index (χ4n) is 9.97. The Balaban J connectivity index is 5.27. The third-order valence-electron chi connectivity index (χ3n) is 15.9. The molecule has 0 aliphatic carbocycles.